The Hall–Kier alpha value is -3.26. The lowest BCUT2D eigenvalue weighted by molar-refractivity contribution is 0.0982. The molecular formula is C21H21N5O2S. The Bertz CT molecular complexity index is 1180. The summed E-state index contributed by atoms with van der Waals surface area (Å²) in [5, 5.41) is 4.84. The monoisotopic (exact) mass is 407 g/mol. The smallest absolute Gasteiger partial charge is 0.267 e. The van der Waals surface area contributed by atoms with E-state index in [4.69, 9.17) is 9.72 Å². The van der Waals surface area contributed by atoms with Crippen LogP contribution in [-0.2, 0) is 13.6 Å². The van der Waals surface area contributed by atoms with E-state index in [1.165, 1.54) is 24.0 Å². The van der Waals surface area contributed by atoms with Gasteiger partial charge < -0.3 is 4.74 Å². The Kier molecular flexibility index (Phi) is 5.02. The lowest BCUT2D eigenvalue weighted by Crippen LogP contribution is -2.30. The van der Waals surface area contributed by atoms with Gasteiger partial charge in [-0.2, -0.15) is 0 Å². The van der Waals surface area contributed by atoms with Crippen LogP contribution in [0.2, 0.25) is 0 Å². The third kappa shape index (κ3) is 3.58. The molecule has 0 aliphatic carbocycles. The summed E-state index contributed by atoms with van der Waals surface area (Å²) in [6.45, 7) is 4.41. The zero-order valence-corrected chi connectivity index (χ0v) is 17.5. The second kappa shape index (κ2) is 7.63. The van der Waals surface area contributed by atoms with Gasteiger partial charge >= 0.3 is 0 Å². The molecule has 0 unspecified atom stereocenters. The maximum absolute atomic E-state index is 13.5. The molecule has 3 aromatic heterocycles. The quantitative estimate of drug-likeness (QED) is 0.502. The number of nitrogens with zero attached hydrogens (tertiary/aromatic N) is 5. The molecule has 0 fully saturated rings. The molecule has 0 radical (unpaired) electrons. The number of carbonyl (C=O) groups excluding carboxylic acids is 1. The van der Waals surface area contributed by atoms with E-state index in [0.29, 0.717) is 17.2 Å². The number of carbonyl (C=O) groups is 1. The maximum atomic E-state index is 13.5. The van der Waals surface area contributed by atoms with Gasteiger partial charge in [-0.25, -0.2) is 4.98 Å². The second-order valence-corrected chi connectivity index (χ2v) is 7.80. The third-order valence-corrected chi connectivity index (χ3v) is 5.86. The molecule has 148 valence electrons. The fourth-order valence-corrected chi connectivity index (χ4v) is 4.14. The van der Waals surface area contributed by atoms with E-state index in [9.17, 15) is 4.79 Å². The van der Waals surface area contributed by atoms with Gasteiger partial charge in [-0.05, 0) is 43.2 Å². The van der Waals surface area contributed by atoms with E-state index in [0.717, 1.165) is 21.5 Å². The number of aryl methyl sites for hydroxylation is 3. The summed E-state index contributed by atoms with van der Waals surface area (Å²) in [6, 6.07) is 9.77. The molecule has 0 N–H and O–H groups in total. The lowest BCUT2D eigenvalue weighted by Gasteiger charge is -2.19. The number of fused-ring (bicyclic) bond motifs is 1. The zero-order valence-electron chi connectivity index (χ0n) is 16.7. The fraction of sp³-hybridized carbons (Fsp3) is 0.238. The van der Waals surface area contributed by atoms with Gasteiger partial charge in [-0.1, -0.05) is 23.5 Å². The highest BCUT2D eigenvalue weighted by atomic mass is 32.1. The van der Waals surface area contributed by atoms with Crippen molar-refractivity contribution in [3.8, 4) is 5.88 Å². The first-order valence-electron chi connectivity index (χ1n) is 9.14. The third-order valence-electron chi connectivity index (χ3n) is 4.81. The summed E-state index contributed by atoms with van der Waals surface area (Å²) in [6.07, 6.45) is 3.38. The predicted molar refractivity (Wildman–Crippen MR) is 114 cm³/mol. The Morgan fingerprint density at radius 2 is 2.07 bits per heavy atom. The Morgan fingerprint density at radius 3 is 2.79 bits per heavy atom. The van der Waals surface area contributed by atoms with Crippen LogP contribution >= 0.6 is 11.3 Å². The summed E-state index contributed by atoms with van der Waals surface area (Å²) >= 11 is 1.49. The number of pyridine rings is 1. The van der Waals surface area contributed by atoms with Crippen LogP contribution < -0.4 is 9.64 Å². The van der Waals surface area contributed by atoms with Crippen LogP contribution in [0.15, 0.2) is 42.7 Å². The van der Waals surface area contributed by atoms with Crippen molar-refractivity contribution in [1.82, 2.24) is 19.7 Å². The SMILES string of the molecule is COc1nn(C)cc1C(=O)N(Cc1ccccn1)c1nc2c(C)c(C)ccc2s1. The van der Waals surface area contributed by atoms with Crippen molar-refractivity contribution >= 4 is 32.6 Å². The number of hydrogen-bond acceptors (Lipinski definition) is 6. The van der Waals surface area contributed by atoms with Crippen molar-refractivity contribution in [2.75, 3.05) is 12.0 Å². The topological polar surface area (TPSA) is 73.1 Å². The number of benzene rings is 1. The highest BCUT2D eigenvalue weighted by Gasteiger charge is 2.27. The van der Waals surface area contributed by atoms with Crippen LogP contribution in [0, 0.1) is 13.8 Å². The molecule has 0 saturated carbocycles. The Labute approximate surface area is 172 Å². The molecule has 1 amide bonds. The van der Waals surface area contributed by atoms with Crippen LogP contribution in [0.4, 0.5) is 5.13 Å². The van der Waals surface area contributed by atoms with Crippen LogP contribution in [-0.4, -0.2) is 32.8 Å². The minimum absolute atomic E-state index is 0.228. The largest absolute Gasteiger partial charge is 0.479 e. The summed E-state index contributed by atoms with van der Waals surface area (Å²) in [4.78, 5) is 24.3. The first kappa shape index (κ1) is 19.1. The molecule has 0 aliphatic rings. The Morgan fingerprint density at radius 1 is 1.24 bits per heavy atom. The van der Waals surface area contributed by atoms with E-state index < -0.39 is 0 Å². The van der Waals surface area contributed by atoms with Crippen molar-refractivity contribution in [1.29, 1.82) is 0 Å². The van der Waals surface area contributed by atoms with Crippen molar-refractivity contribution in [2.24, 2.45) is 7.05 Å². The normalized spacial score (nSPS) is 11.0. The van der Waals surface area contributed by atoms with E-state index in [2.05, 4.69) is 30.0 Å². The van der Waals surface area contributed by atoms with Gasteiger partial charge in [0.05, 0.1) is 29.6 Å². The first-order valence-corrected chi connectivity index (χ1v) is 9.95. The van der Waals surface area contributed by atoms with E-state index >= 15 is 0 Å². The molecule has 7 nitrogen and oxygen atoms in total. The molecule has 3 heterocycles. The Balaban J connectivity index is 1.82. The average Bonchev–Trinajstić information content (AvgIpc) is 3.33. The number of methoxy groups -OCH3 is 1. The van der Waals surface area contributed by atoms with Gasteiger partial charge in [0.15, 0.2) is 5.13 Å². The summed E-state index contributed by atoms with van der Waals surface area (Å²) < 4.78 is 7.91. The summed E-state index contributed by atoms with van der Waals surface area (Å²) in [5.41, 5.74) is 4.37. The molecule has 4 rings (SSSR count). The van der Waals surface area contributed by atoms with E-state index in [1.807, 2.05) is 24.3 Å². The molecule has 0 atom stereocenters. The molecule has 0 aliphatic heterocycles. The van der Waals surface area contributed by atoms with Crippen LogP contribution in [0.1, 0.15) is 27.2 Å². The highest BCUT2D eigenvalue weighted by Crippen LogP contribution is 2.34. The van der Waals surface area contributed by atoms with Gasteiger partial charge in [0.25, 0.3) is 5.91 Å². The number of thiazole rings is 1. The van der Waals surface area contributed by atoms with Crippen LogP contribution in [0.5, 0.6) is 5.88 Å². The number of amides is 1. The van der Waals surface area contributed by atoms with Crippen LogP contribution in [0.25, 0.3) is 10.2 Å². The molecule has 1 aromatic carbocycles. The fourth-order valence-electron chi connectivity index (χ4n) is 3.12. The molecule has 0 spiro atoms. The van der Waals surface area contributed by atoms with Crippen molar-refractivity contribution in [3.05, 3.63) is 65.1 Å². The van der Waals surface area contributed by atoms with Crippen molar-refractivity contribution in [2.45, 2.75) is 20.4 Å². The number of rotatable bonds is 5. The maximum Gasteiger partial charge on any atom is 0.267 e. The van der Waals surface area contributed by atoms with E-state index in [1.54, 1.807) is 29.0 Å². The highest BCUT2D eigenvalue weighted by molar-refractivity contribution is 7.22. The average molecular weight is 407 g/mol. The van der Waals surface area contributed by atoms with Gasteiger partial charge in [0, 0.05) is 19.4 Å². The summed E-state index contributed by atoms with van der Waals surface area (Å²) in [5.74, 6) is 0.0608. The van der Waals surface area contributed by atoms with Crippen molar-refractivity contribution < 1.29 is 9.53 Å². The van der Waals surface area contributed by atoms with Gasteiger partial charge in [-0.3, -0.25) is 19.4 Å². The second-order valence-electron chi connectivity index (χ2n) is 6.79. The van der Waals surface area contributed by atoms with Gasteiger partial charge in [0.1, 0.15) is 5.56 Å². The molecule has 0 bridgehead atoms. The standard InChI is InChI=1S/C21H21N5O2S/c1-13-8-9-17-18(14(13)2)23-21(29-17)26(11-15-7-5-6-10-22-15)20(27)16-12-25(3)24-19(16)28-4/h5-10,12H,11H2,1-4H3. The van der Waals surface area contributed by atoms with Crippen LogP contribution in [0.3, 0.4) is 0 Å². The predicted octanol–water partition coefficient (Wildman–Crippen LogP) is 3.90. The molecule has 8 heteroatoms. The molecular weight excluding hydrogens is 386 g/mol. The van der Waals surface area contributed by atoms with E-state index in [-0.39, 0.29) is 11.8 Å². The number of anilines is 1. The minimum atomic E-state index is -0.228. The zero-order chi connectivity index (χ0) is 20.5. The molecule has 4 aromatic rings. The molecule has 29 heavy (non-hydrogen) atoms. The summed E-state index contributed by atoms with van der Waals surface area (Å²) in [7, 11) is 3.26. The number of hydrogen-bond donors (Lipinski definition) is 0. The number of aromatic nitrogens is 4. The first-order chi connectivity index (χ1) is 14.0. The lowest BCUT2D eigenvalue weighted by atomic mass is 10.1. The van der Waals surface area contributed by atoms with Gasteiger partial charge in [-0.15, -0.1) is 5.10 Å². The number of ether oxygens (including phenoxy) is 1. The van der Waals surface area contributed by atoms with Crippen molar-refractivity contribution in [3.63, 3.8) is 0 Å². The van der Waals surface area contributed by atoms with Gasteiger partial charge in [0.2, 0.25) is 5.88 Å². The molecule has 0 saturated heterocycles. The minimum Gasteiger partial charge on any atom is -0.479 e.